The molecule has 1 saturated carbocycles. The van der Waals surface area contributed by atoms with E-state index in [1.165, 1.54) is 19.3 Å². The predicted molar refractivity (Wildman–Crippen MR) is 76.2 cm³/mol. The fourth-order valence-corrected chi connectivity index (χ4v) is 2.72. The van der Waals surface area contributed by atoms with Crippen LogP contribution in [0.5, 0.6) is 5.75 Å². The van der Waals surface area contributed by atoms with E-state index >= 15 is 0 Å². The zero-order chi connectivity index (χ0) is 13.8. The standard InChI is InChI=1S/C15H22N2O2/c1-10-4-3-5-11(10)9-17-15(18)13-7-6-12(19-2)8-14(13)16/h6-8,10-11H,3-5,9,16H2,1-2H3,(H,17,18). The number of anilines is 1. The van der Waals surface area contributed by atoms with Gasteiger partial charge in [-0.3, -0.25) is 4.79 Å². The molecule has 19 heavy (non-hydrogen) atoms. The summed E-state index contributed by atoms with van der Waals surface area (Å²) in [6.45, 7) is 3.00. The van der Waals surface area contributed by atoms with E-state index < -0.39 is 0 Å². The van der Waals surface area contributed by atoms with Crippen molar-refractivity contribution in [3.05, 3.63) is 23.8 Å². The third kappa shape index (κ3) is 3.19. The van der Waals surface area contributed by atoms with Crippen LogP contribution in [0.1, 0.15) is 36.5 Å². The van der Waals surface area contributed by atoms with Crippen LogP contribution in [0.2, 0.25) is 0 Å². The molecular weight excluding hydrogens is 240 g/mol. The third-order valence-electron chi connectivity index (χ3n) is 4.07. The van der Waals surface area contributed by atoms with Gasteiger partial charge in [0.25, 0.3) is 5.91 Å². The fraction of sp³-hybridized carbons (Fsp3) is 0.533. The number of hydrogen-bond donors (Lipinski definition) is 2. The topological polar surface area (TPSA) is 64.3 Å². The Bertz CT molecular complexity index is 459. The van der Waals surface area contributed by atoms with Crippen LogP contribution in [0.15, 0.2) is 18.2 Å². The molecule has 2 atom stereocenters. The SMILES string of the molecule is COc1ccc(C(=O)NCC2CCCC2C)c(N)c1. The molecule has 2 unspecified atom stereocenters. The van der Waals surface area contributed by atoms with E-state index in [9.17, 15) is 4.79 Å². The number of ether oxygens (including phenoxy) is 1. The van der Waals surface area contributed by atoms with Gasteiger partial charge in [0, 0.05) is 18.3 Å². The number of carbonyl (C=O) groups excluding carboxylic acids is 1. The van der Waals surface area contributed by atoms with Crippen LogP contribution in [0, 0.1) is 11.8 Å². The Balaban J connectivity index is 1.96. The summed E-state index contributed by atoms with van der Waals surface area (Å²) in [7, 11) is 1.58. The van der Waals surface area contributed by atoms with Gasteiger partial charge in [0.05, 0.1) is 12.7 Å². The first kappa shape index (κ1) is 13.7. The lowest BCUT2D eigenvalue weighted by molar-refractivity contribution is 0.0945. The van der Waals surface area contributed by atoms with Crippen molar-refractivity contribution in [2.75, 3.05) is 19.4 Å². The van der Waals surface area contributed by atoms with Crippen LogP contribution in [0.4, 0.5) is 5.69 Å². The van der Waals surface area contributed by atoms with E-state index in [0.29, 0.717) is 28.8 Å². The number of nitrogens with one attached hydrogen (secondary N) is 1. The average molecular weight is 262 g/mol. The molecule has 104 valence electrons. The van der Waals surface area contributed by atoms with Crippen molar-refractivity contribution in [2.45, 2.75) is 26.2 Å². The highest BCUT2D eigenvalue weighted by atomic mass is 16.5. The molecule has 0 radical (unpaired) electrons. The minimum Gasteiger partial charge on any atom is -0.497 e. The van der Waals surface area contributed by atoms with Crippen molar-refractivity contribution in [3.63, 3.8) is 0 Å². The first-order chi connectivity index (χ1) is 9.11. The smallest absolute Gasteiger partial charge is 0.253 e. The van der Waals surface area contributed by atoms with Crippen molar-refractivity contribution < 1.29 is 9.53 Å². The molecule has 1 aromatic carbocycles. The zero-order valence-corrected chi connectivity index (χ0v) is 11.6. The van der Waals surface area contributed by atoms with Crippen molar-refractivity contribution in [1.29, 1.82) is 0 Å². The number of rotatable bonds is 4. The zero-order valence-electron chi connectivity index (χ0n) is 11.6. The summed E-state index contributed by atoms with van der Waals surface area (Å²) < 4.78 is 5.07. The summed E-state index contributed by atoms with van der Waals surface area (Å²) in [6.07, 6.45) is 3.75. The molecule has 2 rings (SSSR count). The summed E-state index contributed by atoms with van der Waals surface area (Å²) >= 11 is 0. The lowest BCUT2D eigenvalue weighted by Crippen LogP contribution is -2.30. The van der Waals surface area contributed by atoms with Crippen LogP contribution < -0.4 is 15.8 Å². The summed E-state index contributed by atoms with van der Waals surface area (Å²) in [5.74, 6) is 1.87. The van der Waals surface area contributed by atoms with Crippen molar-refractivity contribution in [2.24, 2.45) is 11.8 Å². The summed E-state index contributed by atoms with van der Waals surface area (Å²) in [6, 6.07) is 5.14. The third-order valence-corrected chi connectivity index (χ3v) is 4.07. The Labute approximate surface area is 114 Å². The molecule has 4 heteroatoms. The molecule has 1 aliphatic rings. The van der Waals surface area contributed by atoms with Crippen molar-refractivity contribution in [3.8, 4) is 5.75 Å². The van der Waals surface area contributed by atoms with Gasteiger partial charge in [0.2, 0.25) is 0 Å². The Kier molecular flexibility index (Phi) is 4.30. The molecule has 0 bridgehead atoms. The Morgan fingerprint density at radius 1 is 1.47 bits per heavy atom. The van der Waals surface area contributed by atoms with Crippen LogP contribution in [-0.4, -0.2) is 19.6 Å². The second-order valence-electron chi connectivity index (χ2n) is 5.33. The fourth-order valence-electron chi connectivity index (χ4n) is 2.72. The summed E-state index contributed by atoms with van der Waals surface area (Å²) in [5.41, 5.74) is 6.84. The molecule has 0 spiro atoms. The van der Waals surface area contributed by atoms with Crippen LogP contribution in [-0.2, 0) is 0 Å². The molecule has 3 N–H and O–H groups in total. The summed E-state index contributed by atoms with van der Waals surface area (Å²) in [4.78, 5) is 12.1. The molecule has 0 aliphatic heterocycles. The van der Waals surface area contributed by atoms with Gasteiger partial charge in [-0.05, 0) is 30.4 Å². The minimum atomic E-state index is -0.0979. The van der Waals surface area contributed by atoms with Gasteiger partial charge >= 0.3 is 0 Å². The van der Waals surface area contributed by atoms with E-state index in [2.05, 4.69) is 12.2 Å². The first-order valence-corrected chi connectivity index (χ1v) is 6.83. The maximum absolute atomic E-state index is 12.1. The van der Waals surface area contributed by atoms with E-state index in [-0.39, 0.29) is 5.91 Å². The summed E-state index contributed by atoms with van der Waals surface area (Å²) in [5, 5.41) is 2.99. The molecule has 4 nitrogen and oxygen atoms in total. The number of nitrogens with two attached hydrogens (primary N) is 1. The Hall–Kier alpha value is -1.71. The highest BCUT2D eigenvalue weighted by molar-refractivity contribution is 5.99. The van der Waals surface area contributed by atoms with Crippen molar-refractivity contribution >= 4 is 11.6 Å². The van der Waals surface area contributed by atoms with Gasteiger partial charge in [-0.1, -0.05) is 19.8 Å². The molecule has 1 fully saturated rings. The van der Waals surface area contributed by atoms with Gasteiger partial charge in [-0.25, -0.2) is 0 Å². The van der Waals surface area contributed by atoms with Crippen LogP contribution in [0.3, 0.4) is 0 Å². The average Bonchev–Trinajstić information content (AvgIpc) is 2.81. The quantitative estimate of drug-likeness (QED) is 0.819. The second kappa shape index (κ2) is 5.95. The number of methoxy groups -OCH3 is 1. The Morgan fingerprint density at radius 3 is 2.84 bits per heavy atom. The maximum Gasteiger partial charge on any atom is 0.253 e. The lowest BCUT2D eigenvalue weighted by Gasteiger charge is -2.16. The van der Waals surface area contributed by atoms with Gasteiger partial charge in [-0.2, -0.15) is 0 Å². The van der Waals surface area contributed by atoms with E-state index in [0.717, 1.165) is 6.54 Å². The van der Waals surface area contributed by atoms with Crippen molar-refractivity contribution in [1.82, 2.24) is 5.32 Å². The van der Waals surface area contributed by atoms with Crippen LogP contribution in [0.25, 0.3) is 0 Å². The van der Waals surface area contributed by atoms with E-state index in [1.807, 2.05) is 0 Å². The number of benzene rings is 1. The molecule has 1 aliphatic carbocycles. The van der Waals surface area contributed by atoms with E-state index in [4.69, 9.17) is 10.5 Å². The molecule has 1 aromatic rings. The monoisotopic (exact) mass is 262 g/mol. The highest BCUT2D eigenvalue weighted by Gasteiger charge is 2.23. The molecular formula is C15H22N2O2. The number of hydrogen-bond acceptors (Lipinski definition) is 3. The number of nitrogen functional groups attached to an aromatic ring is 1. The van der Waals surface area contributed by atoms with Crippen LogP contribution >= 0.6 is 0 Å². The van der Waals surface area contributed by atoms with Gasteiger partial charge in [0.1, 0.15) is 5.75 Å². The highest BCUT2D eigenvalue weighted by Crippen LogP contribution is 2.30. The minimum absolute atomic E-state index is 0.0979. The predicted octanol–water partition coefficient (Wildman–Crippen LogP) is 2.44. The maximum atomic E-state index is 12.1. The molecule has 1 amide bonds. The lowest BCUT2D eigenvalue weighted by atomic mass is 9.98. The number of carbonyl (C=O) groups is 1. The van der Waals surface area contributed by atoms with Gasteiger partial charge < -0.3 is 15.8 Å². The van der Waals surface area contributed by atoms with Gasteiger partial charge in [-0.15, -0.1) is 0 Å². The normalized spacial score (nSPS) is 22.2. The molecule has 0 aromatic heterocycles. The Morgan fingerprint density at radius 2 is 2.26 bits per heavy atom. The first-order valence-electron chi connectivity index (χ1n) is 6.83. The number of amides is 1. The van der Waals surface area contributed by atoms with Gasteiger partial charge in [0.15, 0.2) is 0 Å². The molecule has 0 saturated heterocycles. The molecule has 0 heterocycles. The second-order valence-corrected chi connectivity index (χ2v) is 5.33. The largest absolute Gasteiger partial charge is 0.497 e. The van der Waals surface area contributed by atoms with E-state index in [1.54, 1.807) is 25.3 Å².